The van der Waals surface area contributed by atoms with Gasteiger partial charge in [0.15, 0.2) is 5.65 Å². The molecule has 6 heteroatoms. The second-order valence-electron chi connectivity index (χ2n) is 3.19. The molecule has 0 amide bonds. The van der Waals surface area contributed by atoms with Crippen molar-refractivity contribution in [2.24, 2.45) is 5.73 Å². The van der Waals surface area contributed by atoms with E-state index in [0.717, 1.165) is 0 Å². The van der Waals surface area contributed by atoms with E-state index in [9.17, 15) is 4.79 Å². The van der Waals surface area contributed by atoms with Crippen LogP contribution in [0.4, 0.5) is 0 Å². The monoisotopic (exact) mass is 205 g/mol. The molecule has 0 saturated heterocycles. The molecule has 0 saturated carbocycles. The molecule has 15 heavy (non-hydrogen) atoms. The number of nitrogens with two attached hydrogens (primary N) is 1. The van der Waals surface area contributed by atoms with E-state index >= 15 is 0 Å². The molecule has 0 bridgehead atoms. The Morgan fingerprint density at radius 3 is 3.00 bits per heavy atom. The fourth-order valence-corrected chi connectivity index (χ4v) is 1.34. The van der Waals surface area contributed by atoms with Crippen LogP contribution in [0.2, 0.25) is 0 Å². The van der Waals surface area contributed by atoms with Gasteiger partial charge < -0.3 is 5.73 Å². The lowest BCUT2D eigenvalue weighted by Crippen LogP contribution is -2.24. The Morgan fingerprint density at radius 2 is 2.27 bits per heavy atom. The lowest BCUT2D eigenvalue weighted by Gasteiger charge is -2.03. The summed E-state index contributed by atoms with van der Waals surface area (Å²) in [6.07, 6.45) is 2.96. The predicted molar refractivity (Wildman–Crippen MR) is 55.4 cm³/mol. The van der Waals surface area contributed by atoms with Crippen LogP contribution in [0.3, 0.4) is 0 Å². The van der Waals surface area contributed by atoms with Gasteiger partial charge in [-0.3, -0.25) is 9.36 Å². The molecule has 0 aromatic carbocycles. The molecule has 2 aromatic rings. The largest absolute Gasteiger partial charge is 0.329 e. The van der Waals surface area contributed by atoms with Crippen LogP contribution in [0.25, 0.3) is 11.0 Å². The summed E-state index contributed by atoms with van der Waals surface area (Å²) >= 11 is 0. The SMILES string of the molecule is Cc1ncc2c(=O)n(CCN)cnc2n1. The standard InChI is InChI=1S/C9H11N5O/c1-6-11-4-7-8(13-6)12-5-14(3-2-10)9(7)15/h4-5H,2-3,10H2,1H3. The highest BCUT2D eigenvalue weighted by Gasteiger charge is 2.04. The molecule has 78 valence electrons. The summed E-state index contributed by atoms with van der Waals surface area (Å²) in [6, 6.07) is 0. The molecule has 0 aliphatic carbocycles. The summed E-state index contributed by atoms with van der Waals surface area (Å²) in [7, 11) is 0. The predicted octanol–water partition coefficient (Wildman–Crippen LogP) is -0.546. The summed E-state index contributed by atoms with van der Waals surface area (Å²) in [5.41, 5.74) is 5.66. The van der Waals surface area contributed by atoms with Crippen LogP contribution >= 0.6 is 0 Å². The fraction of sp³-hybridized carbons (Fsp3) is 0.333. The number of fused-ring (bicyclic) bond motifs is 1. The van der Waals surface area contributed by atoms with Crippen LogP contribution in [0, 0.1) is 6.92 Å². The summed E-state index contributed by atoms with van der Waals surface area (Å²) in [5.74, 6) is 0.603. The lowest BCUT2D eigenvalue weighted by atomic mass is 10.4. The molecule has 2 rings (SSSR count). The molecule has 0 spiro atoms. The Balaban J connectivity index is 2.69. The van der Waals surface area contributed by atoms with Gasteiger partial charge in [0.05, 0.1) is 0 Å². The number of aryl methyl sites for hydroxylation is 1. The number of hydrogen-bond donors (Lipinski definition) is 1. The quantitative estimate of drug-likeness (QED) is 0.711. The van der Waals surface area contributed by atoms with Crippen molar-refractivity contribution in [2.75, 3.05) is 6.54 Å². The minimum absolute atomic E-state index is 0.148. The first-order valence-electron chi connectivity index (χ1n) is 4.61. The number of aromatic nitrogens is 4. The molecule has 2 aromatic heterocycles. The van der Waals surface area contributed by atoms with E-state index in [1.165, 1.54) is 17.1 Å². The Hall–Kier alpha value is -1.82. The molecule has 0 fully saturated rings. The topological polar surface area (TPSA) is 86.7 Å². The van der Waals surface area contributed by atoms with E-state index in [1.807, 2.05) is 0 Å². The van der Waals surface area contributed by atoms with E-state index in [0.29, 0.717) is 29.9 Å². The summed E-state index contributed by atoms with van der Waals surface area (Å²) in [6.45, 7) is 2.61. The number of rotatable bonds is 2. The highest BCUT2D eigenvalue weighted by molar-refractivity contribution is 5.71. The molecule has 2 heterocycles. The van der Waals surface area contributed by atoms with Gasteiger partial charge in [0.1, 0.15) is 17.5 Å². The van der Waals surface area contributed by atoms with Gasteiger partial charge in [0, 0.05) is 19.3 Å². The molecular weight excluding hydrogens is 194 g/mol. The Morgan fingerprint density at radius 1 is 1.47 bits per heavy atom. The molecule has 0 atom stereocenters. The normalized spacial score (nSPS) is 10.8. The van der Waals surface area contributed by atoms with Gasteiger partial charge in [-0.1, -0.05) is 0 Å². The van der Waals surface area contributed by atoms with Crippen LogP contribution in [-0.2, 0) is 6.54 Å². The fourth-order valence-electron chi connectivity index (χ4n) is 1.34. The molecule has 0 aliphatic heterocycles. The third-order valence-corrected chi connectivity index (χ3v) is 2.07. The van der Waals surface area contributed by atoms with Crippen LogP contribution < -0.4 is 11.3 Å². The molecule has 2 N–H and O–H groups in total. The van der Waals surface area contributed by atoms with Gasteiger partial charge in [-0.2, -0.15) is 0 Å². The third kappa shape index (κ3) is 1.71. The first kappa shape index (κ1) is 9.72. The van der Waals surface area contributed by atoms with Gasteiger partial charge in [-0.15, -0.1) is 0 Å². The summed E-state index contributed by atoms with van der Waals surface area (Å²) in [5, 5.41) is 0.427. The van der Waals surface area contributed by atoms with Crippen LogP contribution in [-0.4, -0.2) is 26.1 Å². The van der Waals surface area contributed by atoms with E-state index in [4.69, 9.17) is 5.73 Å². The molecule has 0 aliphatic rings. The minimum Gasteiger partial charge on any atom is -0.329 e. The highest BCUT2D eigenvalue weighted by Crippen LogP contribution is 2.00. The molecule has 0 radical (unpaired) electrons. The Bertz CT molecular complexity index is 548. The smallest absolute Gasteiger partial charge is 0.264 e. The van der Waals surface area contributed by atoms with Gasteiger partial charge in [-0.05, 0) is 6.92 Å². The van der Waals surface area contributed by atoms with E-state index in [2.05, 4.69) is 15.0 Å². The lowest BCUT2D eigenvalue weighted by molar-refractivity contribution is 0.672. The van der Waals surface area contributed by atoms with Crippen molar-refractivity contribution in [1.82, 2.24) is 19.5 Å². The molecular formula is C9H11N5O. The van der Waals surface area contributed by atoms with Crippen LogP contribution in [0.1, 0.15) is 5.82 Å². The second kappa shape index (κ2) is 3.74. The van der Waals surface area contributed by atoms with E-state index in [-0.39, 0.29) is 5.56 Å². The summed E-state index contributed by atoms with van der Waals surface area (Å²) < 4.78 is 1.46. The zero-order valence-electron chi connectivity index (χ0n) is 8.34. The van der Waals surface area contributed by atoms with Crippen molar-refractivity contribution in [1.29, 1.82) is 0 Å². The minimum atomic E-state index is -0.148. The Labute approximate surface area is 85.8 Å². The van der Waals surface area contributed by atoms with E-state index < -0.39 is 0 Å². The van der Waals surface area contributed by atoms with Crippen molar-refractivity contribution >= 4 is 11.0 Å². The number of nitrogens with zero attached hydrogens (tertiary/aromatic N) is 4. The third-order valence-electron chi connectivity index (χ3n) is 2.07. The molecule has 6 nitrogen and oxygen atoms in total. The zero-order chi connectivity index (χ0) is 10.8. The van der Waals surface area contributed by atoms with Crippen LogP contribution in [0.5, 0.6) is 0 Å². The zero-order valence-corrected chi connectivity index (χ0v) is 8.34. The summed E-state index contributed by atoms with van der Waals surface area (Å²) in [4.78, 5) is 23.9. The Kier molecular flexibility index (Phi) is 2.42. The first-order valence-corrected chi connectivity index (χ1v) is 4.61. The highest BCUT2D eigenvalue weighted by atomic mass is 16.1. The van der Waals surface area contributed by atoms with Gasteiger partial charge in [-0.25, -0.2) is 15.0 Å². The van der Waals surface area contributed by atoms with Gasteiger partial charge >= 0.3 is 0 Å². The maximum Gasteiger partial charge on any atom is 0.264 e. The molecule has 0 unspecified atom stereocenters. The number of hydrogen-bond acceptors (Lipinski definition) is 5. The van der Waals surface area contributed by atoms with Gasteiger partial charge in [0.25, 0.3) is 5.56 Å². The maximum atomic E-state index is 11.8. The van der Waals surface area contributed by atoms with E-state index in [1.54, 1.807) is 6.92 Å². The second-order valence-corrected chi connectivity index (χ2v) is 3.19. The van der Waals surface area contributed by atoms with Crippen molar-refractivity contribution in [3.8, 4) is 0 Å². The van der Waals surface area contributed by atoms with Gasteiger partial charge in [0.2, 0.25) is 0 Å². The average Bonchev–Trinajstić information content (AvgIpc) is 2.22. The van der Waals surface area contributed by atoms with Crippen molar-refractivity contribution in [3.05, 3.63) is 28.7 Å². The average molecular weight is 205 g/mol. The first-order chi connectivity index (χ1) is 7.22. The van der Waals surface area contributed by atoms with Crippen molar-refractivity contribution < 1.29 is 0 Å². The maximum absolute atomic E-state index is 11.8. The van der Waals surface area contributed by atoms with Crippen LogP contribution in [0.15, 0.2) is 17.3 Å². The van der Waals surface area contributed by atoms with Crippen molar-refractivity contribution in [2.45, 2.75) is 13.5 Å². The van der Waals surface area contributed by atoms with Crippen molar-refractivity contribution in [3.63, 3.8) is 0 Å².